The van der Waals surface area contributed by atoms with Gasteiger partial charge in [0.15, 0.2) is 11.4 Å². The predicted octanol–water partition coefficient (Wildman–Crippen LogP) is 3.35. The number of ketones is 1. The number of benzene rings is 2. The number of aliphatic hydroxyl groups excluding tert-OH is 2. The number of ether oxygens (including phenoxy) is 4. The average Bonchev–Trinajstić information content (AvgIpc) is 3.06. The van der Waals surface area contributed by atoms with Crippen LogP contribution in [0.5, 0.6) is 0 Å². The van der Waals surface area contributed by atoms with Crippen molar-refractivity contribution in [2.45, 2.75) is 89.2 Å². The van der Waals surface area contributed by atoms with Gasteiger partial charge in [0.1, 0.15) is 30.0 Å². The minimum atomic E-state index is -2.17. The van der Waals surface area contributed by atoms with Crippen molar-refractivity contribution in [3.63, 3.8) is 0 Å². The molecule has 1 aliphatic heterocycles. The van der Waals surface area contributed by atoms with Crippen LogP contribution in [0.25, 0.3) is 6.08 Å². The zero-order valence-electron chi connectivity index (χ0n) is 28.1. The van der Waals surface area contributed by atoms with Gasteiger partial charge < -0.3 is 34.3 Å². The number of carbonyl (C=O) groups is 4. The standard InChI is InChI=1S/C38H42O11/c1-21-25(47-28(41)17-16-23-12-8-6-9-13-23)19-38(45)33(48-34(44)24-14-10-7-11-15-24)31-36(5,32(43)30(42)29(21)35(38,3)4)26(40)18-27-37(31,20-46-27)49-22(2)39/h6-17,25-27,30-31,33,40,42,45H,18-20H2,1-5H3/b17-16+/t25-,26-,27+,30+,31-,33-,36+,37-,38+/m0/s1. The maximum Gasteiger partial charge on any atom is 0.338 e. The van der Waals surface area contributed by atoms with E-state index in [1.165, 1.54) is 32.1 Å². The Hall–Kier alpha value is -4.16. The van der Waals surface area contributed by atoms with Gasteiger partial charge in [-0.15, -0.1) is 0 Å². The van der Waals surface area contributed by atoms with E-state index >= 15 is 0 Å². The van der Waals surface area contributed by atoms with Gasteiger partial charge >= 0.3 is 17.9 Å². The van der Waals surface area contributed by atoms with Crippen LogP contribution in [0.3, 0.4) is 0 Å². The maximum absolute atomic E-state index is 14.7. The number of aliphatic hydroxyl groups is 3. The molecule has 9 atom stereocenters. The van der Waals surface area contributed by atoms with Crippen molar-refractivity contribution in [1.82, 2.24) is 0 Å². The molecule has 2 saturated carbocycles. The fourth-order valence-corrected chi connectivity index (χ4v) is 8.68. The van der Waals surface area contributed by atoms with E-state index in [9.17, 15) is 34.5 Å². The van der Waals surface area contributed by atoms with Crippen molar-refractivity contribution in [2.75, 3.05) is 6.61 Å². The molecule has 3 N–H and O–H groups in total. The van der Waals surface area contributed by atoms with E-state index in [0.29, 0.717) is 5.57 Å². The Kier molecular flexibility index (Phi) is 8.72. The van der Waals surface area contributed by atoms with Gasteiger partial charge in [-0.1, -0.05) is 62.4 Å². The molecule has 2 aromatic rings. The number of esters is 3. The largest absolute Gasteiger partial charge is 0.455 e. The van der Waals surface area contributed by atoms with E-state index in [1.54, 1.807) is 57.2 Å². The number of hydrogen-bond acceptors (Lipinski definition) is 11. The van der Waals surface area contributed by atoms with Crippen LogP contribution in [0.1, 0.15) is 63.4 Å². The molecule has 260 valence electrons. The van der Waals surface area contributed by atoms with Crippen molar-refractivity contribution in [1.29, 1.82) is 0 Å². The third kappa shape index (κ3) is 5.34. The molecule has 1 saturated heterocycles. The van der Waals surface area contributed by atoms with Crippen LogP contribution in [0.4, 0.5) is 0 Å². The molecule has 3 fully saturated rings. The van der Waals surface area contributed by atoms with Crippen LogP contribution in [0.15, 0.2) is 77.9 Å². The predicted molar refractivity (Wildman–Crippen MR) is 175 cm³/mol. The summed E-state index contributed by atoms with van der Waals surface area (Å²) in [6, 6.07) is 17.1. The summed E-state index contributed by atoms with van der Waals surface area (Å²) >= 11 is 0. The first-order valence-corrected chi connectivity index (χ1v) is 16.4. The lowest BCUT2D eigenvalue weighted by Gasteiger charge is -2.67. The zero-order chi connectivity index (χ0) is 35.5. The molecule has 49 heavy (non-hydrogen) atoms. The molecule has 0 spiro atoms. The van der Waals surface area contributed by atoms with Gasteiger partial charge in [-0.2, -0.15) is 0 Å². The molecule has 4 aliphatic rings. The summed E-state index contributed by atoms with van der Waals surface area (Å²) in [7, 11) is 0. The molecule has 1 heterocycles. The SMILES string of the molecule is CC(=O)O[C@@]12CO[C@@H]1C[C@H](O)[C@@]1(C)C(=O)[C@H](O)C3=C(C)[C@@H](OC(=O)/C=C/c4ccccc4)C[C@@](O)([C@@H](OC(=O)c4ccccc4)[C@H]21)C3(C)C. The molecular formula is C38H42O11. The number of rotatable bonds is 6. The molecule has 2 bridgehead atoms. The molecule has 0 unspecified atom stereocenters. The number of hydrogen-bond donors (Lipinski definition) is 3. The first-order chi connectivity index (χ1) is 23.1. The Balaban J connectivity index is 1.54. The third-order valence-electron chi connectivity index (χ3n) is 11.4. The summed E-state index contributed by atoms with van der Waals surface area (Å²) in [5.41, 5.74) is -5.86. The molecule has 3 aliphatic carbocycles. The van der Waals surface area contributed by atoms with E-state index in [2.05, 4.69) is 0 Å². The third-order valence-corrected chi connectivity index (χ3v) is 11.4. The van der Waals surface area contributed by atoms with Crippen molar-refractivity contribution in [3.8, 4) is 0 Å². The van der Waals surface area contributed by atoms with Crippen LogP contribution in [-0.4, -0.2) is 87.3 Å². The number of Topliss-reactive ketones (excluding diaryl/α,β-unsaturated/α-hetero) is 1. The summed E-state index contributed by atoms with van der Waals surface area (Å²) in [5, 5.41) is 36.9. The first kappa shape index (κ1) is 34.7. The van der Waals surface area contributed by atoms with E-state index in [-0.39, 0.29) is 30.6 Å². The highest BCUT2D eigenvalue weighted by Gasteiger charge is 2.78. The van der Waals surface area contributed by atoms with E-state index in [4.69, 9.17) is 18.9 Å². The number of fused-ring (bicyclic) bond motifs is 5. The maximum atomic E-state index is 14.7. The highest BCUT2D eigenvalue weighted by Crippen LogP contribution is 2.64. The average molecular weight is 675 g/mol. The van der Waals surface area contributed by atoms with Crippen molar-refractivity contribution in [2.24, 2.45) is 16.7 Å². The van der Waals surface area contributed by atoms with Crippen LogP contribution < -0.4 is 0 Å². The van der Waals surface area contributed by atoms with Gasteiger partial charge in [0, 0.05) is 31.3 Å². The Morgan fingerprint density at radius 1 is 0.959 bits per heavy atom. The normalized spacial score (nSPS) is 36.4. The minimum Gasteiger partial charge on any atom is -0.455 e. The molecule has 11 heteroatoms. The molecule has 0 aromatic heterocycles. The zero-order valence-corrected chi connectivity index (χ0v) is 28.1. The second-order valence-corrected chi connectivity index (χ2v) is 14.3. The van der Waals surface area contributed by atoms with Gasteiger partial charge in [-0.05, 0) is 48.8 Å². The van der Waals surface area contributed by atoms with Crippen LogP contribution in [0.2, 0.25) is 0 Å². The highest BCUT2D eigenvalue weighted by atomic mass is 16.6. The van der Waals surface area contributed by atoms with Gasteiger partial charge in [0.2, 0.25) is 0 Å². The molecule has 0 radical (unpaired) electrons. The van der Waals surface area contributed by atoms with E-state index < -0.39 is 82.2 Å². The molecule has 2 aromatic carbocycles. The van der Waals surface area contributed by atoms with E-state index in [0.717, 1.165) is 5.56 Å². The Bertz CT molecular complexity index is 1720. The monoisotopic (exact) mass is 674 g/mol. The van der Waals surface area contributed by atoms with Gasteiger partial charge in [0.25, 0.3) is 0 Å². The van der Waals surface area contributed by atoms with Crippen LogP contribution >= 0.6 is 0 Å². The minimum absolute atomic E-state index is 0.0808. The lowest BCUT2D eigenvalue weighted by Crippen LogP contribution is -2.81. The summed E-state index contributed by atoms with van der Waals surface area (Å²) in [6.07, 6.45) is -4.68. The highest BCUT2D eigenvalue weighted by molar-refractivity contribution is 5.94. The Morgan fingerprint density at radius 3 is 2.18 bits per heavy atom. The van der Waals surface area contributed by atoms with Crippen LogP contribution in [-0.2, 0) is 33.3 Å². The second kappa shape index (κ2) is 12.3. The topological polar surface area (TPSA) is 166 Å². The lowest BCUT2D eigenvalue weighted by atomic mass is 9.44. The summed E-state index contributed by atoms with van der Waals surface area (Å²) in [4.78, 5) is 54.6. The van der Waals surface area contributed by atoms with Gasteiger partial charge in [0.05, 0.1) is 29.6 Å². The van der Waals surface area contributed by atoms with Crippen molar-refractivity contribution in [3.05, 3.63) is 89.0 Å². The van der Waals surface area contributed by atoms with E-state index in [1.807, 2.05) is 18.2 Å². The number of carbonyl (C=O) groups excluding carboxylic acids is 4. The molecular weight excluding hydrogens is 632 g/mol. The fraction of sp³-hybridized carbons (Fsp3) is 0.474. The van der Waals surface area contributed by atoms with Crippen molar-refractivity contribution >= 4 is 29.8 Å². The fourth-order valence-electron chi connectivity index (χ4n) is 8.68. The molecule has 0 amide bonds. The first-order valence-electron chi connectivity index (χ1n) is 16.4. The van der Waals surface area contributed by atoms with Gasteiger partial charge in [-0.25, -0.2) is 9.59 Å². The van der Waals surface area contributed by atoms with Crippen LogP contribution in [0, 0.1) is 16.7 Å². The lowest BCUT2D eigenvalue weighted by molar-refractivity contribution is -0.345. The summed E-state index contributed by atoms with van der Waals surface area (Å²) in [5.74, 6) is -4.51. The molecule has 6 rings (SSSR count). The smallest absolute Gasteiger partial charge is 0.338 e. The summed E-state index contributed by atoms with van der Waals surface area (Å²) in [6.45, 7) is 7.28. The Morgan fingerprint density at radius 2 is 1.59 bits per heavy atom. The Labute approximate surface area is 284 Å². The quantitative estimate of drug-likeness (QED) is 0.178. The molecule has 11 nitrogen and oxygen atoms in total. The second-order valence-electron chi connectivity index (χ2n) is 14.3. The summed E-state index contributed by atoms with van der Waals surface area (Å²) < 4.78 is 24.0. The van der Waals surface area contributed by atoms with Crippen molar-refractivity contribution < 1.29 is 53.4 Å². The van der Waals surface area contributed by atoms with Gasteiger partial charge in [-0.3, -0.25) is 9.59 Å².